The molecule has 3 rings (SSSR count). The van der Waals surface area contributed by atoms with Gasteiger partial charge in [-0.1, -0.05) is 17.3 Å². The van der Waals surface area contributed by atoms with Crippen molar-refractivity contribution in [3.63, 3.8) is 0 Å². The van der Waals surface area contributed by atoms with Gasteiger partial charge < -0.3 is 14.8 Å². The molecule has 0 fully saturated rings. The molecule has 2 aromatic carbocycles. The standard InChI is InChI=1S/C21H22N6O4/c1-14(28)23-17-6-4-5-15(9-17)19-12-27(26-24-19)13-21(29)25-22-11-16-7-8-18(30-2)10-20(16)31-3/h4-12H,13H2,1-3H3,(H,23,28)(H,25,29)/b22-11+. The number of hydrazone groups is 1. The molecule has 3 aromatic rings. The molecule has 0 saturated heterocycles. The lowest BCUT2D eigenvalue weighted by molar-refractivity contribution is -0.121. The van der Waals surface area contributed by atoms with Gasteiger partial charge in [0.2, 0.25) is 5.91 Å². The Morgan fingerprint density at radius 1 is 1.16 bits per heavy atom. The number of carbonyl (C=O) groups excluding carboxylic acids is 2. The molecule has 0 bridgehead atoms. The first-order valence-corrected chi connectivity index (χ1v) is 9.30. The van der Waals surface area contributed by atoms with Crippen molar-refractivity contribution in [2.75, 3.05) is 19.5 Å². The number of hydrogen-bond donors (Lipinski definition) is 2. The Balaban J connectivity index is 1.60. The molecule has 1 heterocycles. The van der Waals surface area contributed by atoms with Crippen LogP contribution < -0.4 is 20.2 Å². The fourth-order valence-corrected chi connectivity index (χ4v) is 2.75. The lowest BCUT2D eigenvalue weighted by Crippen LogP contribution is -2.23. The first kappa shape index (κ1) is 21.5. The smallest absolute Gasteiger partial charge is 0.261 e. The number of nitrogens with zero attached hydrogens (tertiary/aromatic N) is 4. The zero-order chi connectivity index (χ0) is 22.2. The fourth-order valence-electron chi connectivity index (χ4n) is 2.75. The second-order valence-electron chi connectivity index (χ2n) is 6.46. The molecule has 0 atom stereocenters. The Hall–Kier alpha value is -4.21. The highest BCUT2D eigenvalue weighted by Crippen LogP contribution is 2.23. The van der Waals surface area contributed by atoms with Gasteiger partial charge >= 0.3 is 0 Å². The summed E-state index contributed by atoms with van der Waals surface area (Å²) in [5.74, 6) is 0.694. The summed E-state index contributed by atoms with van der Waals surface area (Å²) in [5, 5.41) is 14.7. The number of aromatic nitrogens is 3. The highest BCUT2D eigenvalue weighted by molar-refractivity contribution is 5.89. The molecule has 31 heavy (non-hydrogen) atoms. The predicted molar refractivity (Wildman–Crippen MR) is 115 cm³/mol. The number of nitrogens with one attached hydrogen (secondary N) is 2. The zero-order valence-electron chi connectivity index (χ0n) is 17.3. The first-order valence-electron chi connectivity index (χ1n) is 9.30. The van der Waals surface area contributed by atoms with Crippen molar-refractivity contribution < 1.29 is 19.1 Å². The van der Waals surface area contributed by atoms with Gasteiger partial charge in [0, 0.05) is 29.8 Å². The van der Waals surface area contributed by atoms with Gasteiger partial charge in [-0.2, -0.15) is 5.10 Å². The Kier molecular flexibility index (Phi) is 6.94. The minimum absolute atomic E-state index is 0.0600. The van der Waals surface area contributed by atoms with E-state index in [0.29, 0.717) is 28.4 Å². The maximum atomic E-state index is 12.2. The van der Waals surface area contributed by atoms with Crippen LogP contribution in [-0.4, -0.2) is 47.2 Å². The SMILES string of the molecule is COc1ccc(/C=N/NC(=O)Cn2cc(-c3cccc(NC(C)=O)c3)nn2)c(OC)c1. The largest absolute Gasteiger partial charge is 0.497 e. The second kappa shape index (κ2) is 10.0. The van der Waals surface area contributed by atoms with Gasteiger partial charge in [-0.3, -0.25) is 9.59 Å². The summed E-state index contributed by atoms with van der Waals surface area (Å²) in [7, 11) is 3.11. The van der Waals surface area contributed by atoms with E-state index in [4.69, 9.17) is 9.47 Å². The maximum absolute atomic E-state index is 12.2. The van der Waals surface area contributed by atoms with Crippen LogP contribution in [0, 0.1) is 0 Å². The van der Waals surface area contributed by atoms with Crippen LogP contribution >= 0.6 is 0 Å². The summed E-state index contributed by atoms with van der Waals surface area (Å²) in [6.45, 7) is 1.38. The van der Waals surface area contributed by atoms with Gasteiger partial charge in [0.1, 0.15) is 23.7 Å². The number of amides is 2. The highest BCUT2D eigenvalue weighted by atomic mass is 16.5. The van der Waals surface area contributed by atoms with E-state index in [0.717, 1.165) is 5.56 Å². The van der Waals surface area contributed by atoms with E-state index in [1.807, 2.05) is 6.07 Å². The lowest BCUT2D eigenvalue weighted by atomic mass is 10.1. The van der Waals surface area contributed by atoms with E-state index in [1.54, 1.807) is 56.8 Å². The number of rotatable bonds is 8. The highest BCUT2D eigenvalue weighted by Gasteiger charge is 2.09. The Morgan fingerprint density at radius 3 is 2.74 bits per heavy atom. The molecule has 0 spiro atoms. The maximum Gasteiger partial charge on any atom is 0.261 e. The third-order valence-corrected chi connectivity index (χ3v) is 4.16. The van der Waals surface area contributed by atoms with Crippen LogP contribution in [0.4, 0.5) is 5.69 Å². The van der Waals surface area contributed by atoms with Crippen LogP contribution in [0.3, 0.4) is 0 Å². The summed E-state index contributed by atoms with van der Waals surface area (Å²) >= 11 is 0. The van der Waals surface area contributed by atoms with Crippen molar-refractivity contribution in [2.24, 2.45) is 5.10 Å². The van der Waals surface area contributed by atoms with Gasteiger partial charge in [-0.25, -0.2) is 10.1 Å². The third kappa shape index (κ3) is 5.89. The second-order valence-corrected chi connectivity index (χ2v) is 6.46. The summed E-state index contributed by atoms with van der Waals surface area (Å²) in [4.78, 5) is 23.4. The number of hydrogen-bond acceptors (Lipinski definition) is 7. The lowest BCUT2D eigenvalue weighted by Gasteiger charge is -2.06. The zero-order valence-corrected chi connectivity index (χ0v) is 17.3. The quantitative estimate of drug-likeness (QED) is 0.424. The van der Waals surface area contributed by atoms with Gasteiger partial charge in [0.25, 0.3) is 5.91 Å². The van der Waals surface area contributed by atoms with Crippen LogP contribution in [0.15, 0.2) is 53.8 Å². The first-order chi connectivity index (χ1) is 15.0. The van der Waals surface area contributed by atoms with Crippen molar-refractivity contribution in [2.45, 2.75) is 13.5 Å². The molecule has 160 valence electrons. The number of benzene rings is 2. The van der Waals surface area contributed by atoms with Crippen molar-refractivity contribution in [3.8, 4) is 22.8 Å². The number of ether oxygens (including phenoxy) is 2. The number of methoxy groups -OCH3 is 2. The molecule has 10 heteroatoms. The van der Waals surface area contributed by atoms with Crippen LogP contribution in [0.1, 0.15) is 12.5 Å². The monoisotopic (exact) mass is 422 g/mol. The Labute approximate surface area is 178 Å². The van der Waals surface area contributed by atoms with E-state index < -0.39 is 0 Å². The molecule has 2 N–H and O–H groups in total. The van der Waals surface area contributed by atoms with E-state index in [9.17, 15) is 9.59 Å². The topological polar surface area (TPSA) is 120 Å². The normalized spacial score (nSPS) is 10.7. The summed E-state index contributed by atoms with van der Waals surface area (Å²) in [5.41, 5.74) is 5.13. The van der Waals surface area contributed by atoms with Gasteiger partial charge in [-0.15, -0.1) is 5.10 Å². The summed E-state index contributed by atoms with van der Waals surface area (Å²) < 4.78 is 11.8. The van der Waals surface area contributed by atoms with Crippen LogP contribution in [-0.2, 0) is 16.1 Å². The van der Waals surface area contributed by atoms with Gasteiger partial charge in [0.15, 0.2) is 0 Å². The van der Waals surface area contributed by atoms with Crippen molar-refractivity contribution in [1.29, 1.82) is 0 Å². The van der Waals surface area contributed by atoms with Crippen LogP contribution in [0.2, 0.25) is 0 Å². The molecule has 0 radical (unpaired) electrons. The van der Waals surface area contributed by atoms with Crippen LogP contribution in [0.5, 0.6) is 11.5 Å². The van der Waals surface area contributed by atoms with E-state index >= 15 is 0 Å². The molecule has 0 aliphatic heterocycles. The van der Waals surface area contributed by atoms with Crippen LogP contribution in [0.25, 0.3) is 11.3 Å². The molecule has 1 aromatic heterocycles. The van der Waals surface area contributed by atoms with Crippen molar-refractivity contribution >= 4 is 23.7 Å². The van der Waals surface area contributed by atoms with E-state index in [2.05, 4.69) is 26.2 Å². The minimum Gasteiger partial charge on any atom is -0.497 e. The Morgan fingerprint density at radius 2 is 2.00 bits per heavy atom. The van der Waals surface area contributed by atoms with Gasteiger partial charge in [0.05, 0.1) is 26.6 Å². The summed E-state index contributed by atoms with van der Waals surface area (Å²) in [6.07, 6.45) is 3.12. The molecule has 0 unspecified atom stereocenters. The Bertz CT molecular complexity index is 1110. The molecule has 0 aliphatic carbocycles. The van der Waals surface area contributed by atoms with Gasteiger partial charge in [-0.05, 0) is 24.3 Å². The fraction of sp³-hybridized carbons (Fsp3) is 0.190. The molecular formula is C21H22N6O4. The van der Waals surface area contributed by atoms with Crippen molar-refractivity contribution in [1.82, 2.24) is 20.4 Å². The number of carbonyl (C=O) groups is 2. The summed E-state index contributed by atoms with van der Waals surface area (Å²) in [6, 6.07) is 12.5. The molecule has 0 aliphatic rings. The predicted octanol–water partition coefficient (Wildman–Crippen LogP) is 2.07. The van der Waals surface area contributed by atoms with Crippen molar-refractivity contribution in [3.05, 3.63) is 54.2 Å². The minimum atomic E-state index is -0.368. The number of anilines is 1. The average molecular weight is 422 g/mol. The third-order valence-electron chi connectivity index (χ3n) is 4.16. The average Bonchev–Trinajstić information content (AvgIpc) is 3.22. The van der Waals surface area contributed by atoms with E-state index in [1.165, 1.54) is 17.8 Å². The molecule has 0 saturated carbocycles. The molecule has 2 amide bonds. The molecule has 10 nitrogen and oxygen atoms in total. The van der Waals surface area contributed by atoms with E-state index in [-0.39, 0.29) is 18.4 Å². The molecular weight excluding hydrogens is 400 g/mol.